The molecule has 1 atom stereocenters. The van der Waals surface area contributed by atoms with Crippen LogP contribution in [0.2, 0.25) is 0 Å². The van der Waals surface area contributed by atoms with E-state index >= 15 is 0 Å². The summed E-state index contributed by atoms with van der Waals surface area (Å²) in [6.07, 6.45) is 0.771. The lowest BCUT2D eigenvalue weighted by atomic mass is 9.87. The van der Waals surface area contributed by atoms with Gasteiger partial charge in [0.2, 0.25) is 0 Å². The van der Waals surface area contributed by atoms with Gasteiger partial charge in [-0.1, -0.05) is 17.8 Å². The van der Waals surface area contributed by atoms with Crippen LogP contribution in [0, 0.1) is 11.6 Å². The Kier molecular flexibility index (Phi) is 6.00. The quantitative estimate of drug-likeness (QED) is 0.569. The molecule has 0 amide bonds. The van der Waals surface area contributed by atoms with E-state index in [1.165, 1.54) is 30.0 Å². The number of fused-ring (bicyclic) bond motifs is 1. The lowest BCUT2D eigenvalue weighted by Gasteiger charge is -2.30. The van der Waals surface area contributed by atoms with E-state index in [4.69, 9.17) is 5.73 Å². The summed E-state index contributed by atoms with van der Waals surface area (Å²) in [7, 11) is 0. The van der Waals surface area contributed by atoms with E-state index in [-0.39, 0.29) is 36.2 Å². The van der Waals surface area contributed by atoms with E-state index in [9.17, 15) is 13.6 Å². The largest absolute Gasteiger partial charge is 0.379 e. The number of ketones is 1. The highest BCUT2D eigenvalue weighted by molar-refractivity contribution is 8.13. The molecule has 8 heteroatoms. The minimum absolute atomic E-state index is 0. The number of carbonyl (C=O) groups excluding carboxylic acids is 1. The molecule has 152 valence electrons. The Hall–Kier alpha value is -2.38. The van der Waals surface area contributed by atoms with Crippen LogP contribution < -0.4 is 5.73 Å². The zero-order valence-corrected chi connectivity index (χ0v) is 17.3. The van der Waals surface area contributed by atoms with Gasteiger partial charge in [-0.2, -0.15) is 0 Å². The van der Waals surface area contributed by atoms with Crippen LogP contribution in [-0.4, -0.2) is 21.7 Å². The maximum Gasteiger partial charge on any atom is 0.183 e. The number of carbonyl (C=O) groups is 1. The number of nitrogens with two attached hydrogens (primary N) is 1. The van der Waals surface area contributed by atoms with Crippen LogP contribution in [0.1, 0.15) is 35.0 Å². The van der Waals surface area contributed by atoms with Crippen molar-refractivity contribution in [2.75, 3.05) is 5.75 Å². The van der Waals surface area contributed by atoms with Crippen LogP contribution in [0.25, 0.3) is 10.9 Å². The van der Waals surface area contributed by atoms with Gasteiger partial charge < -0.3 is 10.7 Å². The first-order valence-electron chi connectivity index (χ1n) is 8.92. The van der Waals surface area contributed by atoms with E-state index < -0.39 is 5.54 Å². The lowest BCUT2D eigenvalue weighted by Crippen LogP contribution is -2.29. The molecule has 4 rings (SSSR count). The summed E-state index contributed by atoms with van der Waals surface area (Å²) in [4.78, 5) is 20.2. The number of hydrogen-bond acceptors (Lipinski definition) is 4. The smallest absolute Gasteiger partial charge is 0.183 e. The number of aromatic nitrogens is 1. The number of aromatic amines is 1. The molecule has 0 aliphatic carbocycles. The number of benzene rings is 2. The molecule has 0 saturated heterocycles. The normalized spacial score (nSPS) is 18.9. The van der Waals surface area contributed by atoms with Gasteiger partial charge >= 0.3 is 0 Å². The van der Waals surface area contributed by atoms with Gasteiger partial charge in [-0.15, -0.1) is 12.4 Å². The predicted molar refractivity (Wildman–Crippen MR) is 116 cm³/mol. The lowest BCUT2D eigenvalue weighted by molar-refractivity contribution is 0.0989. The Labute approximate surface area is 177 Å². The maximum atomic E-state index is 14.5. The van der Waals surface area contributed by atoms with Crippen molar-refractivity contribution < 1.29 is 13.6 Å². The third-order valence-corrected chi connectivity index (χ3v) is 5.85. The molecule has 1 aromatic heterocycles. The van der Waals surface area contributed by atoms with E-state index in [0.29, 0.717) is 39.3 Å². The zero-order chi connectivity index (χ0) is 19.9. The van der Waals surface area contributed by atoms with E-state index in [1.54, 1.807) is 24.3 Å². The van der Waals surface area contributed by atoms with Gasteiger partial charge in [-0.25, -0.2) is 8.78 Å². The molecule has 1 aliphatic heterocycles. The van der Waals surface area contributed by atoms with Crippen molar-refractivity contribution in [3.05, 3.63) is 70.9 Å². The fourth-order valence-corrected chi connectivity index (χ4v) is 4.48. The summed E-state index contributed by atoms with van der Waals surface area (Å²) in [5, 5.41) is 1.08. The second-order valence-electron chi connectivity index (χ2n) is 7.15. The molecule has 4 nitrogen and oxygen atoms in total. The number of Topliss-reactive ketones (excluding diaryl/α,β-unsaturated/α-hetero) is 1. The number of rotatable bonds is 4. The van der Waals surface area contributed by atoms with Crippen molar-refractivity contribution in [3.8, 4) is 0 Å². The number of hydrogen-bond donors (Lipinski definition) is 2. The third kappa shape index (κ3) is 4.31. The van der Waals surface area contributed by atoms with E-state index in [2.05, 4.69) is 9.98 Å². The van der Waals surface area contributed by atoms with Crippen LogP contribution in [0.5, 0.6) is 0 Å². The summed E-state index contributed by atoms with van der Waals surface area (Å²) in [6, 6.07) is 10.6. The molecule has 0 unspecified atom stereocenters. The minimum atomic E-state index is -0.739. The number of aliphatic imine (C=N–C) groups is 1. The Morgan fingerprint density at radius 2 is 2.03 bits per heavy atom. The molecule has 0 spiro atoms. The molecule has 0 bridgehead atoms. The van der Waals surface area contributed by atoms with Crippen LogP contribution in [-0.2, 0) is 12.0 Å². The second-order valence-corrected chi connectivity index (χ2v) is 8.27. The molecule has 29 heavy (non-hydrogen) atoms. The van der Waals surface area contributed by atoms with Gasteiger partial charge in [-0.05, 0) is 55.3 Å². The minimum Gasteiger partial charge on any atom is -0.379 e. The molecule has 1 aliphatic rings. The Morgan fingerprint density at radius 3 is 2.79 bits per heavy atom. The summed E-state index contributed by atoms with van der Waals surface area (Å²) >= 11 is 1.46. The molecular formula is C21H20ClF2N3OS. The topological polar surface area (TPSA) is 71.2 Å². The van der Waals surface area contributed by atoms with E-state index in [1.807, 2.05) is 6.92 Å². The van der Waals surface area contributed by atoms with Crippen LogP contribution in [0.15, 0.2) is 47.5 Å². The average molecular weight is 436 g/mol. The first kappa shape index (κ1) is 21.3. The zero-order valence-electron chi connectivity index (χ0n) is 15.7. The van der Waals surface area contributed by atoms with Crippen molar-refractivity contribution in [1.82, 2.24) is 4.98 Å². The number of H-pyrrole nitrogens is 1. The number of nitrogens with one attached hydrogen (secondary N) is 1. The highest BCUT2D eigenvalue weighted by Crippen LogP contribution is 2.36. The fraction of sp³-hybridized carbons (Fsp3) is 0.238. The van der Waals surface area contributed by atoms with Gasteiger partial charge in [0.25, 0.3) is 0 Å². The first-order valence-corrected chi connectivity index (χ1v) is 9.91. The Balaban J connectivity index is 0.00000240. The van der Waals surface area contributed by atoms with Gasteiger partial charge in [-0.3, -0.25) is 9.79 Å². The van der Waals surface area contributed by atoms with Crippen molar-refractivity contribution in [2.45, 2.75) is 25.3 Å². The number of amidine groups is 1. The molecule has 0 fully saturated rings. The highest BCUT2D eigenvalue weighted by atomic mass is 35.5. The summed E-state index contributed by atoms with van der Waals surface area (Å²) in [6.45, 7) is 1.86. The molecule has 3 aromatic rings. The predicted octanol–water partition coefficient (Wildman–Crippen LogP) is 4.96. The monoisotopic (exact) mass is 435 g/mol. The summed E-state index contributed by atoms with van der Waals surface area (Å²) in [5.41, 5.74) is 7.34. The fourth-order valence-electron chi connectivity index (χ4n) is 3.51. The Bertz CT molecular complexity index is 1110. The van der Waals surface area contributed by atoms with Crippen molar-refractivity contribution in [3.63, 3.8) is 0 Å². The number of nitrogens with zero attached hydrogens (tertiary/aromatic N) is 1. The third-order valence-electron chi connectivity index (χ3n) is 5.05. The molecule has 0 saturated carbocycles. The number of halogens is 3. The summed E-state index contributed by atoms with van der Waals surface area (Å²) in [5.74, 6) is -0.0998. The molecular weight excluding hydrogens is 416 g/mol. The van der Waals surface area contributed by atoms with Gasteiger partial charge in [0.15, 0.2) is 11.0 Å². The SMILES string of the molecule is C[C@@]1(c2cc(CC(=O)c3cc4cc(F)ccc4[nH]3)ccc2F)CCSC(N)=N1.Cl. The van der Waals surface area contributed by atoms with Crippen LogP contribution in [0.3, 0.4) is 0 Å². The molecule has 2 aromatic carbocycles. The molecule has 2 heterocycles. The average Bonchev–Trinajstić information content (AvgIpc) is 3.06. The molecule has 3 N–H and O–H groups in total. The van der Waals surface area contributed by atoms with Crippen molar-refractivity contribution in [1.29, 1.82) is 0 Å². The standard InChI is InChI=1S/C21H19F2N3OS.ClH/c1-21(6-7-28-20(24)26-21)15-8-12(2-4-16(15)23)9-19(27)18-11-13-10-14(22)3-5-17(13)25-18;/h2-5,8,10-11,25H,6-7,9H2,1H3,(H2,24,26);1H/t21-;/m0./s1. The van der Waals surface area contributed by atoms with Gasteiger partial charge in [0.05, 0.1) is 11.2 Å². The van der Waals surface area contributed by atoms with E-state index in [0.717, 1.165) is 5.75 Å². The maximum absolute atomic E-state index is 14.5. The highest BCUT2D eigenvalue weighted by Gasteiger charge is 2.32. The van der Waals surface area contributed by atoms with Crippen molar-refractivity contribution >= 4 is 46.0 Å². The number of thioether (sulfide) groups is 1. The van der Waals surface area contributed by atoms with Crippen LogP contribution >= 0.6 is 24.2 Å². The Morgan fingerprint density at radius 1 is 1.24 bits per heavy atom. The molecule has 0 radical (unpaired) electrons. The van der Waals surface area contributed by atoms with Gasteiger partial charge in [0.1, 0.15) is 11.6 Å². The van der Waals surface area contributed by atoms with Crippen molar-refractivity contribution in [2.24, 2.45) is 10.7 Å². The first-order chi connectivity index (χ1) is 13.3. The van der Waals surface area contributed by atoms with Gasteiger partial charge in [0, 0.05) is 28.6 Å². The summed E-state index contributed by atoms with van der Waals surface area (Å²) < 4.78 is 27.9. The second kappa shape index (κ2) is 8.16. The van der Waals surface area contributed by atoms with Crippen LogP contribution in [0.4, 0.5) is 8.78 Å².